The molecule has 0 unspecified atom stereocenters. The zero-order valence-electron chi connectivity index (χ0n) is 16.5. The number of anilines is 1. The molecule has 0 bridgehead atoms. The van der Waals surface area contributed by atoms with E-state index in [1.54, 1.807) is 13.3 Å². The molecule has 154 valence electrons. The number of hydrogen-bond acceptors (Lipinski definition) is 4. The summed E-state index contributed by atoms with van der Waals surface area (Å²) in [7, 11) is 1.56. The fourth-order valence-corrected chi connectivity index (χ4v) is 3.58. The van der Waals surface area contributed by atoms with Gasteiger partial charge in [0.1, 0.15) is 0 Å². The molecule has 0 atom stereocenters. The van der Waals surface area contributed by atoms with Crippen LogP contribution in [0.3, 0.4) is 0 Å². The second-order valence-electron chi connectivity index (χ2n) is 6.43. The Hall–Kier alpha value is -2.58. The van der Waals surface area contributed by atoms with Gasteiger partial charge in [-0.15, -0.1) is 0 Å². The lowest BCUT2D eigenvalue weighted by Crippen LogP contribution is -2.20. The van der Waals surface area contributed by atoms with E-state index in [9.17, 15) is 4.79 Å². The number of halogens is 2. The average molecular weight is 535 g/mol. The molecule has 1 N–H and O–H groups in total. The molecule has 0 saturated heterocycles. The van der Waals surface area contributed by atoms with Gasteiger partial charge in [0.2, 0.25) is 0 Å². The van der Waals surface area contributed by atoms with E-state index in [2.05, 4.69) is 32.9 Å². The normalized spacial score (nSPS) is 10.8. The Morgan fingerprint density at radius 1 is 1.17 bits per heavy atom. The van der Waals surface area contributed by atoms with Crippen LogP contribution in [0, 0.1) is 10.5 Å². The van der Waals surface area contributed by atoms with Crippen LogP contribution in [0.2, 0.25) is 5.02 Å². The second kappa shape index (κ2) is 10.4. The number of para-hydroxylation sites is 1. The summed E-state index contributed by atoms with van der Waals surface area (Å²) in [6.07, 6.45) is 1.73. The maximum atomic E-state index is 12.2. The smallest absolute Gasteiger partial charge is 0.262 e. The van der Waals surface area contributed by atoms with Crippen molar-refractivity contribution < 1.29 is 14.3 Å². The predicted molar refractivity (Wildman–Crippen MR) is 130 cm³/mol. The number of rotatable bonds is 7. The summed E-state index contributed by atoms with van der Waals surface area (Å²) in [5, 5.41) is 3.46. The van der Waals surface area contributed by atoms with Gasteiger partial charge < -0.3 is 14.8 Å². The molecule has 0 aromatic heterocycles. The number of methoxy groups -OCH3 is 1. The van der Waals surface area contributed by atoms with E-state index >= 15 is 0 Å². The largest absolute Gasteiger partial charge is 0.493 e. The van der Waals surface area contributed by atoms with Crippen LogP contribution < -0.4 is 14.8 Å². The molecule has 0 fully saturated rings. The first kappa shape index (κ1) is 22.1. The molecule has 1 amide bonds. The van der Waals surface area contributed by atoms with Crippen LogP contribution in [0.25, 0.3) is 0 Å². The Bertz CT molecular complexity index is 1070. The second-order valence-corrected chi connectivity index (χ2v) is 8.00. The van der Waals surface area contributed by atoms with Crippen LogP contribution in [0.15, 0.2) is 65.7 Å². The number of aryl methyl sites for hydroxylation is 1. The van der Waals surface area contributed by atoms with Crippen molar-refractivity contribution in [3.63, 3.8) is 0 Å². The van der Waals surface area contributed by atoms with Crippen LogP contribution in [0.5, 0.6) is 11.5 Å². The van der Waals surface area contributed by atoms with Gasteiger partial charge in [0, 0.05) is 16.9 Å². The zero-order chi connectivity index (χ0) is 21.5. The molecule has 0 heterocycles. The Morgan fingerprint density at radius 2 is 1.93 bits per heavy atom. The summed E-state index contributed by atoms with van der Waals surface area (Å²) in [6, 6.07) is 18.6. The number of hydrogen-bond donors (Lipinski definition) is 1. The van der Waals surface area contributed by atoms with Crippen LogP contribution >= 0.6 is 34.2 Å². The molecule has 5 nitrogen and oxygen atoms in total. The lowest BCUT2D eigenvalue weighted by Gasteiger charge is -2.13. The number of amides is 1. The van der Waals surface area contributed by atoms with Crippen LogP contribution in [-0.4, -0.2) is 25.8 Å². The third kappa shape index (κ3) is 5.96. The first-order chi connectivity index (χ1) is 14.5. The van der Waals surface area contributed by atoms with E-state index in [0.29, 0.717) is 16.5 Å². The summed E-state index contributed by atoms with van der Waals surface area (Å²) in [5.74, 6) is 0.788. The molecule has 3 aromatic rings. The lowest BCUT2D eigenvalue weighted by atomic mass is 10.2. The molecule has 0 saturated carbocycles. The highest BCUT2D eigenvalue weighted by Gasteiger charge is 2.13. The quantitative estimate of drug-likeness (QED) is 0.297. The topological polar surface area (TPSA) is 59.9 Å². The maximum Gasteiger partial charge on any atom is 0.262 e. The number of carbonyl (C=O) groups is 1. The van der Waals surface area contributed by atoms with Gasteiger partial charge in [-0.3, -0.25) is 9.79 Å². The van der Waals surface area contributed by atoms with Gasteiger partial charge in [0.05, 0.1) is 16.4 Å². The Balaban J connectivity index is 1.71. The van der Waals surface area contributed by atoms with Crippen molar-refractivity contribution in [3.05, 3.63) is 80.4 Å². The molecule has 30 heavy (non-hydrogen) atoms. The van der Waals surface area contributed by atoms with Gasteiger partial charge in [-0.05, 0) is 77.0 Å². The van der Waals surface area contributed by atoms with Crippen LogP contribution in [0.4, 0.5) is 11.4 Å². The van der Waals surface area contributed by atoms with Gasteiger partial charge in [-0.25, -0.2) is 0 Å². The summed E-state index contributed by atoms with van der Waals surface area (Å²) in [6.45, 7) is 1.82. The highest BCUT2D eigenvalue weighted by molar-refractivity contribution is 14.1. The van der Waals surface area contributed by atoms with Gasteiger partial charge >= 0.3 is 0 Å². The monoisotopic (exact) mass is 534 g/mol. The molecule has 0 aliphatic rings. The van der Waals surface area contributed by atoms with E-state index in [-0.39, 0.29) is 12.5 Å². The zero-order valence-corrected chi connectivity index (χ0v) is 19.4. The Labute approximate surface area is 194 Å². The number of benzene rings is 3. The fraction of sp³-hybridized carbons (Fsp3) is 0.130. The number of aliphatic imine (C=N–C) groups is 1. The van der Waals surface area contributed by atoms with E-state index < -0.39 is 0 Å². The molecular formula is C23H20ClIN2O3. The minimum absolute atomic E-state index is 0.128. The van der Waals surface area contributed by atoms with E-state index in [0.717, 1.165) is 26.1 Å². The van der Waals surface area contributed by atoms with Crippen molar-refractivity contribution in [2.24, 2.45) is 4.99 Å². The van der Waals surface area contributed by atoms with Crippen molar-refractivity contribution >= 4 is 57.7 Å². The van der Waals surface area contributed by atoms with Crippen molar-refractivity contribution in [3.8, 4) is 11.5 Å². The molecule has 0 aliphatic heterocycles. The fourth-order valence-electron chi connectivity index (χ4n) is 2.62. The molecule has 0 aliphatic carbocycles. The van der Waals surface area contributed by atoms with Gasteiger partial charge in [0.15, 0.2) is 18.1 Å². The molecular weight excluding hydrogens is 515 g/mol. The highest BCUT2D eigenvalue weighted by atomic mass is 127. The summed E-state index contributed by atoms with van der Waals surface area (Å²) in [4.78, 5) is 16.6. The first-order valence-corrected chi connectivity index (χ1v) is 10.6. The standard InChI is InChI=1S/C23H20ClIN2O3/c1-15-8-9-18(12-19(15)24)26-13-16-10-20(25)23(21(11-16)29-2)30-14-22(28)27-17-6-4-3-5-7-17/h3-13H,14H2,1-2H3,(H,27,28). The molecule has 3 rings (SSSR count). The van der Waals surface area contributed by atoms with Gasteiger partial charge in [-0.2, -0.15) is 0 Å². The van der Waals surface area contributed by atoms with Crippen molar-refractivity contribution in [1.29, 1.82) is 0 Å². The third-order valence-electron chi connectivity index (χ3n) is 4.18. The maximum absolute atomic E-state index is 12.2. The number of nitrogens with one attached hydrogen (secondary N) is 1. The Kier molecular flexibility index (Phi) is 7.70. The van der Waals surface area contributed by atoms with E-state index in [4.69, 9.17) is 21.1 Å². The summed E-state index contributed by atoms with van der Waals surface area (Å²) in [5.41, 5.74) is 3.33. The van der Waals surface area contributed by atoms with Crippen LogP contribution in [0.1, 0.15) is 11.1 Å². The van der Waals surface area contributed by atoms with Crippen LogP contribution in [-0.2, 0) is 4.79 Å². The van der Waals surface area contributed by atoms with Crippen molar-refractivity contribution in [2.45, 2.75) is 6.92 Å². The third-order valence-corrected chi connectivity index (χ3v) is 5.38. The number of nitrogens with zero attached hydrogens (tertiary/aromatic N) is 1. The Morgan fingerprint density at radius 3 is 2.63 bits per heavy atom. The molecule has 7 heteroatoms. The minimum Gasteiger partial charge on any atom is -0.493 e. The minimum atomic E-state index is -0.249. The molecule has 0 spiro atoms. The van der Waals surface area contributed by atoms with Gasteiger partial charge in [0.25, 0.3) is 5.91 Å². The molecule has 3 aromatic carbocycles. The highest BCUT2D eigenvalue weighted by Crippen LogP contribution is 2.34. The number of ether oxygens (including phenoxy) is 2. The van der Waals surface area contributed by atoms with Crippen molar-refractivity contribution in [2.75, 3.05) is 19.0 Å². The van der Waals surface area contributed by atoms with E-state index in [1.807, 2.05) is 67.6 Å². The van der Waals surface area contributed by atoms with Gasteiger partial charge in [-0.1, -0.05) is 35.9 Å². The van der Waals surface area contributed by atoms with E-state index in [1.165, 1.54) is 0 Å². The summed E-state index contributed by atoms with van der Waals surface area (Å²) < 4.78 is 12.0. The average Bonchev–Trinajstić information content (AvgIpc) is 2.74. The number of carbonyl (C=O) groups excluding carboxylic acids is 1. The van der Waals surface area contributed by atoms with Crippen molar-refractivity contribution in [1.82, 2.24) is 0 Å². The SMILES string of the molecule is COc1cc(C=Nc2ccc(C)c(Cl)c2)cc(I)c1OCC(=O)Nc1ccccc1. The lowest BCUT2D eigenvalue weighted by molar-refractivity contribution is -0.118. The molecule has 0 radical (unpaired) electrons. The summed E-state index contributed by atoms with van der Waals surface area (Å²) >= 11 is 8.31. The predicted octanol–water partition coefficient (Wildman–Crippen LogP) is 6.03. The first-order valence-electron chi connectivity index (χ1n) is 9.11.